The zero-order valence-corrected chi connectivity index (χ0v) is 7.99. The van der Waals surface area contributed by atoms with Crippen molar-refractivity contribution in [2.24, 2.45) is 11.7 Å². The fourth-order valence-electron chi connectivity index (χ4n) is 1.16. The van der Waals surface area contributed by atoms with E-state index in [4.69, 9.17) is 11.0 Å². The number of nitrogens with two attached hydrogens (primary N) is 1. The molecule has 2 nitrogen and oxygen atoms in total. The van der Waals surface area contributed by atoms with Crippen LogP contribution in [0.1, 0.15) is 31.0 Å². The highest BCUT2D eigenvalue weighted by Crippen LogP contribution is 2.18. The number of nitrogens with zero attached hydrogens (tertiary/aromatic N) is 1. The summed E-state index contributed by atoms with van der Waals surface area (Å²) in [5.74, 6) is 0.424. The van der Waals surface area contributed by atoms with Crippen molar-refractivity contribution in [3.63, 3.8) is 0 Å². The minimum atomic E-state index is 0.0627. The lowest BCUT2D eigenvalue weighted by Gasteiger charge is -2.15. The highest BCUT2D eigenvalue weighted by atomic mass is 14.6. The molecule has 0 spiro atoms. The average Bonchev–Trinajstić information content (AvgIpc) is 2.17. The molecule has 68 valence electrons. The molecule has 0 saturated heterocycles. The van der Waals surface area contributed by atoms with Crippen LogP contribution >= 0.6 is 0 Å². The third kappa shape index (κ3) is 2.30. The van der Waals surface area contributed by atoms with E-state index in [9.17, 15) is 0 Å². The van der Waals surface area contributed by atoms with Gasteiger partial charge in [0, 0.05) is 6.04 Å². The van der Waals surface area contributed by atoms with Crippen LogP contribution < -0.4 is 5.73 Å². The van der Waals surface area contributed by atoms with Gasteiger partial charge in [0.25, 0.3) is 0 Å². The molecule has 0 aliphatic carbocycles. The quantitative estimate of drug-likeness (QED) is 0.747. The minimum absolute atomic E-state index is 0.0627. The fourth-order valence-corrected chi connectivity index (χ4v) is 1.16. The molecule has 0 radical (unpaired) electrons. The smallest absolute Gasteiger partial charge is 0.0991 e. The maximum absolute atomic E-state index is 8.60. The van der Waals surface area contributed by atoms with E-state index in [0.29, 0.717) is 11.5 Å². The van der Waals surface area contributed by atoms with Gasteiger partial charge in [-0.25, -0.2) is 0 Å². The number of hydrogen-bond acceptors (Lipinski definition) is 2. The molecule has 0 aromatic heterocycles. The van der Waals surface area contributed by atoms with Crippen LogP contribution in [0.3, 0.4) is 0 Å². The highest BCUT2D eigenvalue weighted by Gasteiger charge is 2.09. The van der Waals surface area contributed by atoms with E-state index in [1.54, 1.807) is 12.1 Å². The topological polar surface area (TPSA) is 49.8 Å². The highest BCUT2D eigenvalue weighted by molar-refractivity contribution is 5.32. The molecule has 0 fully saturated rings. The first-order chi connectivity index (χ1) is 6.15. The standard InChI is InChI=1S/C11H14N2/c1-8(2)11(13)10-5-3-9(7-12)4-6-10/h3-6,8,11H,13H2,1-2H3. The SMILES string of the molecule is CC(C)C(N)c1ccc(C#N)cc1. The van der Waals surface area contributed by atoms with Gasteiger partial charge in [-0.15, -0.1) is 0 Å². The molecule has 1 atom stereocenters. The van der Waals surface area contributed by atoms with Gasteiger partial charge in [0.2, 0.25) is 0 Å². The Bertz CT molecular complexity index is 306. The average molecular weight is 174 g/mol. The van der Waals surface area contributed by atoms with Gasteiger partial charge in [-0.05, 0) is 23.6 Å². The molecule has 1 aromatic rings. The molecule has 0 heterocycles. The largest absolute Gasteiger partial charge is 0.324 e. The fraction of sp³-hybridized carbons (Fsp3) is 0.364. The number of benzene rings is 1. The van der Waals surface area contributed by atoms with Gasteiger partial charge in [0.05, 0.1) is 11.6 Å². The molecule has 1 aromatic carbocycles. The Balaban J connectivity index is 2.87. The molecule has 1 rings (SSSR count). The minimum Gasteiger partial charge on any atom is -0.324 e. The first-order valence-corrected chi connectivity index (χ1v) is 4.41. The second kappa shape index (κ2) is 4.06. The molecule has 0 saturated carbocycles. The van der Waals surface area contributed by atoms with Crippen LogP contribution in [-0.2, 0) is 0 Å². The lowest BCUT2D eigenvalue weighted by molar-refractivity contribution is 0.514. The summed E-state index contributed by atoms with van der Waals surface area (Å²) in [6, 6.07) is 9.59. The van der Waals surface area contributed by atoms with Crippen LogP contribution in [0.25, 0.3) is 0 Å². The van der Waals surface area contributed by atoms with Gasteiger partial charge in [-0.1, -0.05) is 26.0 Å². The summed E-state index contributed by atoms with van der Waals surface area (Å²) < 4.78 is 0. The molecule has 2 N–H and O–H groups in total. The molecule has 0 aliphatic heterocycles. The van der Waals surface area contributed by atoms with Crippen molar-refractivity contribution < 1.29 is 0 Å². The van der Waals surface area contributed by atoms with Crippen molar-refractivity contribution in [1.29, 1.82) is 5.26 Å². The summed E-state index contributed by atoms with van der Waals surface area (Å²) >= 11 is 0. The van der Waals surface area contributed by atoms with Gasteiger partial charge in [0.15, 0.2) is 0 Å². The van der Waals surface area contributed by atoms with E-state index < -0.39 is 0 Å². The van der Waals surface area contributed by atoms with Gasteiger partial charge < -0.3 is 5.73 Å². The summed E-state index contributed by atoms with van der Waals surface area (Å²) in [6.45, 7) is 4.17. The van der Waals surface area contributed by atoms with E-state index in [1.165, 1.54) is 0 Å². The van der Waals surface area contributed by atoms with Gasteiger partial charge in [-0.3, -0.25) is 0 Å². The Hall–Kier alpha value is -1.33. The molecule has 0 bridgehead atoms. The molecular weight excluding hydrogens is 160 g/mol. The van der Waals surface area contributed by atoms with Crippen molar-refractivity contribution >= 4 is 0 Å². The molecule has 2 heteroatoms. The summed E-state index contributed by atoms with van der Waals surface area (Å²) in [5.41, 5.74) is 7.72. The zero-order chi connectivity index (χ0) is 9.84. The van der Waals surface area contributed by atoms with E-state index in [-0.39, 0.29) is 6.04 Å². The summed E-state index contributed by atoms with van der Waals surface area (Å²) in [5, 5.41) is 8.60. The van der Waals surface area contributed by atoms with E-state index >= 15 is 0 Å². The van der Waals surface area contributed by atoms with Crippen LogP contribution in [0.2, 0.25) is 0 Å². The first kappa shape index (κ1) is 9.76. The van der Waals surface area contributed by atoms with Crippen LogP contribution in [0, 0.1) is 17.2 Å². The molecule has 0 aliphatic rings. The normalized spacial score (nSPS) is 12.5. The maximum Gasteiger partial charge on any atom is 0.0991 e. The molecule has 13 heavy (non-hydrogen) atoms. The lowest BCUT2D eigenvalue weighted by atomic mass is 9.96. The monoisotopic (exact) mass is 174 g/mol. The summed E-state index contributed by atoms with van der Waals surface area (Å²) in [6.07, 6.45) is 0. The zero-order valence-electron chi connectivity index (χ0n) is 7.99. The first-order valence-electron chi connectivity index (χ1n) is 4.41. The molecule has 1 unspecified atom stereocenters. The second-order valence-corrected chi connectivity index (χ2v) is 3.50. The van der Waals surface area contributed by atoms with Gasteiger partial charge >= 0.3 is 0 Å². The molecule has 0 amide bonds. The van der Waals surface area contributed by atoms with E-state index in [2.05, 4.69) is 19.9 Å². The van der Waals surface area contributed by atoms with Crippen molar-refractivity contribution in [3.05, 3.63) is 35.4 Å². The summed E-state index contributed by atoms with van der Waals surface area (Å²) in [4.78, 5) is 0. The third-order valence-electron chi connectivity index (χ3n) is 2.14. The van der Waals surface area contributed by atoms with E-state index in [1.807, 2.05) is 12.1 Å². The van der Waals surface area contributed by atoms with Crippen LogP contribution in [0.15, 0.2) is 24.3 Å². The predicted molar refractivity (Wildman–Crippen MR) is 52.9 cm³/mol. The van der Waals surface area contributed by atoms with Crippen LogP contribution in [0.5, 0.6) is 0 Å². The number of rotatable bonds is 2. The second-order valence-electron chi connectivity index (χ2n) is 3.50. The number of hydrogen-bond donors (Lipinski definition) is 1. The Morgan fingerprint density at radius 1 is 1.23 bits per heavy atom. The summed E-state index contributed by atoms with van der Waals surface area (Å²) in [7, 11) is 0. The van der Waals surface area contributed by atoms with Gasteiger partial charge in [0.1, 0.15) is 0 Å². The number of nitriles is 1. The van der Waals surface area contributed by atoms with Gasteiger partial charge in [-0.2, -0.15) is 5.26 Å². The lowest BCUT2D eigenvalue weighted by Crippen LogP contribution is -2.16. The van der Waals surface area contributed by atoms with Crippen molar-refractivity contribution in [1.82, 2.24) is 0 Å². The molecular formula is C11H14N2. The predicted octanol–water partition coefficient (Wildman–Crippen LogP) is 2.21. The Morgan fingerprint density at radius 3 is 2.15 bits per heavy atom. The van der Waals surface area contributed by atoms with Crippen LogP contribution in [0.4, 0.5) is 0 Å². The third-order valence-corrected chi connectivity index (χ3v) is 2.14. The Labute approximate surface area is 79.0 Å². The van der Waals surface area contributed by atoms with Crippen LogP contribution in [-0.4, -0.2) is 0 Å². The Morgan fingerprint density at radius 2 is 1.77 bits per heavy atom. The van der Waals surface area contributed by atoms with Crippen molar-refractivity contribution in [2.45, 2.75) is 19.9 Å². The Kier molecular flexibility index (Phi) is 3.05. The van der Waals surface area contributed by atoms with E-state index in [0.717, 1.165) is 5.56 Å². The maximum atomic E-state index is 8.60. The van der Waals surface area contributed by atoms with Crippen molar-refractivity contribution in [3.8, 4) is 6.07 Å². The van der Waals surface area contributed by atoms with Crippen molar-refractivity contribution in [2.75, 3.05) is 0 Å².